The van der Waals surface area contributed by atoms with Crippen molar-refractivity contribution in [2.45, 2.75) is 26.8 Å². The topological polar surface area (TPSA) is 32.3 Å². The van der Waals surface area contributed by atoms with Crippen LogP contribution in [0.5, 0.6) is 5.75 Å². The van der Waals surface area contributed by atoms with E-state index in [1.807, 2.05) is 0 Å². The number of hydrogen-bond acceptors (Lipinski definition) is 2. The summed E-state index contributed by atoms with van der Waals surface area (Å²) in [6.07, 6.45) is 1.13. The molecule has 0 aliphatic carbocycles. The third-order valence-corrected chi connectivity index (χ3v) is 2.46. The molecule has 0 bridgehead atoms. The summed E-state index contributed by atoms with van der Waals surface area (Å²) in [5, 5.41) is 12.4. The van der Waals surface area contributed by atoms with Gasteiger partial charge in [-0.1, -0.05) is 20.3 Å². The summed E-state index contributed by atoms with van der Waals surface area (Å²) in [5.74, 6) is 0.206. The van der Waals surface area contributed by atoms with Crippen molar-refractivity contribution in [2.75, 3.05) is 6.54 Å². The van der Waals surface area contributed by atoms with E-state index in [0.29, 0.717) is 12.5 Å². The largest absolute Gasteiger partial charge is 0.508 e. The smallest absolute Gasteiger partial charge is 0.127 e. The Morgan fingerprint density at radius 2 is 2.13 bits per heavy atom. The van der Waals surface area contributed by atoms with Crippen LogP contribution in [-0.2, 0) is 6.54 Å². The van der Waals surface area contributed by atoms with Gasteiger partial charge in [0.25, 0.3) is 0 Å². The van der Waals surface area contributed by atoms with E-state index in [2.05, 4.69) is 19.2 Å². The second-order valence-corrected chi connectivity index (χ2v) is 3.96. The van der Waals surface area contributed by atoms with Crippen molar-refractivity contribution in [3.8, 4) is 5.75 Å². The van der Waals surface area contributed by atoms with Crippen molar-refractivity contribution in [3.05, 3.63) is 29.6 Å². The van der Waals surface area contributed by atoms with Gasteiger partial charge in [0.15, 0.2) is 0 Å². The molecule has 0 fully saturated rings. The normalized spacial score (nSPS) is 12.7. The fraction of sp³-hybridized carbons (Fsp3) is 0.500. The van der Waals surface area contributed by atoms with E-state index in [0.717, 1.165) is 24.6 Å². The Morgan fingerprint density at radius 3 is 2.73 bits per heavy atom. The van der Waals surface area contributed by atoms with Crippen molar-refractivity contribution in [1.82, 2.24) is 5.32 Å². The zero-order valence-corrected chi connectivity index (χ0v) is 9.26. The summed E-state index contributed by atoms with van der Waals surface area (Å²) < 4.78 is 12.9. The second-order valence-electron chi connectivity index (χ2n) is 3.96. The number of benzene rings is 1. The Hall–Kier alpha value is -1.09. The van der Waals surface area contributed by atoms with Crippen LogP contribution in [-0.4, -0.2) is 11.7 Å². The molecule has 2 nitrogen and oxygen atoms in total. The van der Waals surface area contributed by atoms with Crippen LogP contribution >= 0.6 is 0 Å². The van der Waals surface area contributed by atoms with Gasteiger partial charge < -0.3 is 10.4 Å². The average molecular weight is 211 g/mol. The first kappa shape index (κ1) is 12.0. The minimum atomic E-state index is -0.393. The Labute approximate surface area is 90.1 Å². The molecule has 1 unspecified atom stereocenters. The van der Waals surface area contributed by atoms with Gasteiger partial charge in [-0.3, -0.25) is 0 Å². The Morgan fingerprint density at radius 1 is 1.40 bits per heavy atom. The lowest BCUT2D eigenvalue weighted by atomic mass is 10.1. The van der Waals surface area contributed by atoms with Gasteiger partial charge in [0.1, 0.15) is 11.6 Å². The molecule has 0 saturated carbocycles. The number of phenolic OH excluding ortho intramolecular Hbond substituents is 1. The molecular weight excluding hydrogens is 193 g/mol. The number of halogens is 1. The molecule has 0 aliphatic rings. The van der Waals surface area contributed by atoms with Crippen LogP contribution in [0.2, 0.25) is 0 Å². The van der Waals surface area contributed by atoms with Crippen LogP contribution in [0.1, 0.15) is 25.8 Å². The SMILES string of the molecule is CCC(C)CNCc1cc(O)cc(F)c1. The third-order valence-electron chi connectivity index (χ3n) is 2.46. The van der Waals surface area contributed by atoms with Crippen molar-refractivity contribution in [2.24, 2.45) is 5.92 Å². The lowest BCUT2D eigenvalue weighted by Crippen LogP contribution is -2.20. The molecule has 0 amide bonds. The maximum atomic E-state index is 12.9. The summed E-state index contributed by atoms with van der Waals surface area (Å²) in [6, 6.07) is 4.12. The number of hydrogen-bond donors (Lipinski definition) is 2. The van der Waals surface area contributed by atoms with E-state index < -0.39 is 5.82 Å². The van der Waals surface area contributed by atoms with E-state index in [1.165, 1.54) is 6.07 Å². The summed E-state index contributed by atoms with van der Waals surface area (Å²) in [5.41, 5.74) is 0.774. The van der Waals surface area contributed by atoms with Crippen molar-refractivity contribution >= 4 is 0 Å². The molecule has 3 heteroatoms. The summed E-state index contributed by atoms with van der Waals surface area (Å²) in [7, 11) is 0. The molecule has 15 heavy (non-hydrogen) atoms. The number of rotatable bonds is 5. The monoisotopic (exact) mass is 211 g/mol. The van der Waals surface area contributed by atoms with E-state index in [1.54, 1.807) is 6.07 Å². The highest BCUT2D eigenvalue weighted by atomic mass is 19.1. The molecule has 0 aromatic heterocycles. The fourth-order valence-electron chi connectivity index (χ4n) is 1.34. The Kier molecular flexibility index (Phi) is 4.56. The zero-order valence-electron chi connectivity index (χ0n) is 9.26. The van der Waals surface area contributed by atoms with Crippen LogP contribution in [0.15, 0.2) is 18.2 Å². The van der Waals surface area contributed by atoms with Gasteiger partial charge in [-0.05, 0) is 30.2 Å². The molecule has 1 aromatic rings. The van der Waals surface area contributed by atoms with E-state index in [-0.39, 0.29) is 5.75 Å². The van der Waals surface area contributed by atoms with E-state index in [9.17, 15) is 9.50 Å². The van der Waals surface area contributed by atoms with Crippen molar-refractivity contribution in [3.63, 3.8) is 0 Å². The molecule has 1 atom stereocenters. The first-order valence-electron chi connectivity index (χ1n) is 5.31. The predicted molar refractivity (Wildman–Crippen MR) is 59.2 cm³/mol. The van der Waals surface area contributed by atoms with Gasteiger partial charge in [-0.15, -0.1) is 0 Å². The number of phenols is 1. The molecule has 84 valence electrons. The molecule has 1 aromatic carbocycles. The van der Waals surface area contributed by atoms with Gasteiger partial charge in [0.2, 0.25) is 0 Å². The van der Waals surface area contributed by atoms with Gasteiger partial charge >= 0.3 is 0 Å². The van der Waals surface area contributed by atoms with Crippen molar-refractivity contribution in [1.29, 1.82) is 0 Å². The molecule has 0 spiro atoms. The number of aromatic hydroxyl groups is 1. The van der Waals surface area contributed by atoms with E-state index in [4.69, 9.17) is 0 Å². The highest BCUT2D eigenvalue weighted by Crippen LogP contribution is 2.14. The predicted octanol–water partition coefficient (Wildman–Crippen LogP) is 2.67. The van der Waals surface area contributed by atoms with Gasteiger partial charge in [-0.25, -0.2) is 4.39 Å². The zero-order chi connectivity index (χ0) is 11.3. The molecule has 2 N–H and O–H groups in total. The quantitative estimate of drug-likeness (QED) is 0.784. The first-order valence-corrected chi connectivity index (χ1v) is 5.31. The highest BCUT2D eigenvalue weighted by Gasteiger charge is 2.01. The van der Waals surface area contributed by atoms with Crippen molar-refractivity contribution < 1.29 is 9.50 Å². The van der Waals surface area contributed by atoms with Gasteiger partial charge in [0, 0.05) is 12.6 Å². The molecule has 0 radical (unpaired) electrons. The Balaban J connectivity index is 2.43. The Bertz CT molecular complexity index is 294. The van der Waals surface area contributed by atoms with Crippen LogP contribution in [0.25, 0.3) is 0 Å². The molecule has 0 heterocycles. The minimum Gasteiger partial charge on any atom is -0.508 e. The number of nitrogens with one attached hydrogen (secondary N) is 1. The van der Waals surface area contributed by atoms with Crippen LogP contribution in [0.3, 0.4) is 0 Å². The van der Waals surface area contributed by atoms with Crippen LogP contribution < -0.4 is 5.32 Å². The second kappa shape index (κ2) is 5.71. The van der Waals surface area contributed by atoms with Gasteiger partial charge in [-0.2, -0.15) is 0 Å². The summed E-state index contributed by atoms with van der Waals surface area (Å²) >= 11 is 0. The lowest BCUT2D eigenvalue weighted by molar-refractivity contribution is 0.465. The molecule has 0 saturated heterocycles. The third kappa shape index (κ3) is 4.30. The standard InChI is InChI=1S/C12H18FNO/c1-3-9(2)7-14-8-10-4-11(13)6-12(15)5-10/h4-6,9,14-15H,3,7-8H2,1-2H3. The lowest BCUT2D eigenvalue weighted by Gasteiger charge is -2.10. The van der Waals surface area contributed by atoms with E-state index >= 15 is 0 Å². The molecule has 0 aliphatic heterocycles. The van der Waals surface area contributed by atoms with Crippen LogP contribution in [0, 0.1) is 11.7 Å². The summed E-state index contributed by atoms with van der Waals surface area (Å²) in [6.45, 7) is 5.81. The van der Waals surface area contributed by atoms with Crippen LogP contribution in [0.4, 0.5) is 4.39 Å². The molecular formula is C12H18FNO. The first-order chi connectivity index (χ1) is 7.11. The maximum Gasteiger partial charge on any atom is 0.127 e. The fourth-order valence-corrected chi connectivity index (χ4v) is 1.34. The van der Waals surface area contributed by atoms with Gasteiger partial charge in [0.05, 0.1) is 0 Å². The summed E-state index contributed by atoms with van der Waals surface area (Å²) in [4.78, 5) is 0. The minimum absolute atomic E-state index is 0.0182. The maximum absolute atomic E-state index is 12.9. The average Bonchev–Trinajstić information content (AvgIpc) is 2.16. The highest BCUT2D eigenvalue weighted by molar-refractivity contribution is 5.28. The molecule has 1 rings (SSSR count).